The van der Waals surface area contributed by atoms with Crippen LogP contribution in [0.3, 0.4) is 0 Å². The Morgan fingerprint density at radius 2 is 2.00 bits per heavy atom. The highest BCUT2D eigenvalue weighted by molar-refractivity contribution is 5.75. The summed E-state index contributed by atoms with van der Waals surface area (Å²) in [6.45, 7) is 4.76. The first-order chi connectivity index (χ1) is 19.2. The molecule has 1 aliphatic rings. The molecule has 9 nitrogen and oxygen atoms in total. The molecule has 3 atom stereocenters. The normalized spacial score (nSPS) is 19.2. The van der Waals surface area contributed by atoms with Gasteiger partial charge in [-0.1, -0.05) is 0 Å². The number of benzene rings is 1. The van der Waals surface area contributed by atoms with Crippen LogP contribution in [0, 0.1) is 17.6 Å². The highest BCUT2D eigenvalue weighted by Crippen LogP contribution is 2.36. The summed E-state index contributed by atoms with van der Waals surface area (Å²) < 4.78 is 36.6. The molecule has 1 saturated heterocycles. The number of aldehydes is 1. The zero-order chi connectivity index (χ0) is 28.8. The van der Waals surface area contributed by atoms with Crippen LogP contribution in [0.4, 0.5) is 20.2 Å². The second-order valence-electron chi connectivity index (χ2n) is 10.0. The van der Waals surface area contributed by atoms with Crippen LogP contribution in [-0.2, 0) is 6.42 Å². The molecular formula is C29H35F2N7O2. The topological polar surface area (TPSA) is 131 Å². The molecule has 0 bridgehead atoms. The molecule has 0 spiro atoms. The summed E-state index contributed by atoms with van der Waals surface area (Å²) in [6, 6.07) is 6.64. The summed E-state index contributed by atoms with van der Waals surface area (Å²) in [6.07, 6.45) is 7.08. The van der Waals surface area contributed by atoms with E-state index in [9.17, 15) is 4.79 Å². The van der Waals surface area contributed by atoms with Gasteiger partial charge in [0.05, 0.1) is 23.7 Å². The Hall–Kier alpha value is -4.25. The van der Waals surface area contributed by atoms with Crippen LogP contribution >= 0.6 is 0 Å². The first-order valence-corrected chi connectivity index (χ1v) is 13.1. The number of carbonyl (C=O) groups is 1. The summed E-state index contributed by atoms with van der Waals surface area (Å²) in [5.41, 5.74) is 14.3. The van der Waals surface area contributed by atoms with Crippen LogP contribution in [0.25, 0.3) is 11.3 Å². The minimum Gasteiger partial charge on any atom is -0.491 e. The van der Waals surface area contributed by atoms with Gasteiger partial charge >= 0.3 is 0 Å². The van der Waals surface area contributed by atoms with Crippen LogP contribution in [-0.4, -0.2) is 54.6 Å². The maximum atomic E-state index is 15.8. The molecule has 0 aliphatic carbocycles. The van der Waals surface area contributed by atoms with Crippen LogP contribution in [0.5, 0.6) is 5.75 Å². The average molecular weight is 552 g/mol. The van der Waals surface area contributed by atoms with Gasteiger partial charge in [-0.25, -0.2) is 13.8 Å². The van der Waals surface area contributed by atoms with Gasteiger partial charge in [0, 0.05) is 68.4 Å². The summed E-state index contributed by atoms with van der Waals surface area (Å²) >= 11 is 0. The molecular weight excluding hydrogens is 516 g/mol. The molecule has 0 saturated carbocycles. The fourth-order valence-electron chi connectivity index (χ4n) is 5.24. The zero-order valence-corrected chi connectivity index (χ0v) is 22.8. The fourth-order valence-corrected chi connectivity index (χ4v) is 5.24. The van der Waals surface area contributed by atoms with E-state index in [-0.39, 0.29) is 41.1 Å². The van der Waals surface area contributed by atoms with Gasteiger partial charge in [-0.05, 0) is 50.1 Å². The molecule has 0 radical (unpaired) electrons. The average Bonchev–Trinajstić information content (AvgIpc) is 2.92. The van der Waals surface area contributed by atoms with Crippen molar-refractivity contribution in [2.75, 3.05) is 30.4 Å². The number of ether oxygens (including phenoxy) is 1. The van der Waals surface area contributed by atoms with Gasteiger partial charge in [-0.15, -0.1) is 0 Å². The number of pyridine rings is 2. The number of piperidine rings is 1. The van der Waals surface area contributed by atoms with E-state index in [2.05, 4.69) is 25.5 Å². The van der Waals surface area contributed by atoms with Gasteiger partial charge in [0.25, 0.3) is 0 Å². The van der Waals surface area contributed by atoms with Crippen LogP contribution in [0.2, 0.25) is 0 Å². The Morgan fingerprint density at radius 3 is 2.70 bits per heavy atom. The number of aromatic nitrogens is 2. The number of rotatable bonds is 10. The van der Waals surface area contributed by atoms with Crippen molar-refractivity contribution in [3.05, 3.63) is 78.0 Å². The molecule has 1 aliphatic heterocycles. The lowest BCUT2D eigenvalue weighted by molar-refractivity contribution is 0.111. The van der Waals surface area contributed by atoms with E-state index in [1.807, 2.05) is 27.0 Å². The maximum absolute atomic E-state index is 15.8. The molecule has 3 aromatic rings. The summed E-state index contributed by atoms with van der Waals surface area (Å²) in [5, 5.41) is 6.46. The molecule has 1 fully saturated rings. The van der Waals surface area contributed by atoms with Gasteiger partial charge in [0.1, 0.15) is 28.8 Å². The lowest BCUT2D eigenvalue weighted by Gasteiger charge is -2.44. The Morgan fingerprint density at radius 1 is 1.20 bits per heavy atom. The Balaban J connectivity index is 1.82. The molecule has 1 aromatic carbocycles. The summed E-state index contributed by atoms with van der Waals surface area (Å²) in [7, 11) is 1.82. The maximum Gasteiger partial charge on any atom is 0.168 e. The van der Waals surface area contributed by atoms with Crippen molar-refractivity contribution in [1.29, 1.82) is 0 Å². The number of anilines is 2. The first-order valence-electron chi connectivity index (χ1n) is 13.1. The lowest BCUT2D eigenvalue weighted by atomic mass is 9.82. The standard InChI is InChI=1S/C29H35F2N7O2/c1-17(2)40-21-11-18(27(23(31)12-21)29-22(30)5-4-20(16-39)37-29)10-19-14-38(15-24(33)28(19)36-9-7-32)26-6-8-35-13-25(26)34-3/h4-9,11-13,16-17,19,24,28,34,36H,10,14-15,32-33H2,1-3H3/b9-7-/t19-,24?,28?/m0/s1. The molecule has 4 rings (SSSR count). The smallest absolute Gasteiger partial charge is 0.168 e. The molecule has 3 heterocycles. The predicted molar refractivity (Wildman–Crippen MR) is 152 cm³/mol. The fraction of sp³-hybridized carbons (Fsp3) is 0.345. The third-order valence-corrected chi connectivity index (χ3v) is 6.87. The van der Waals surface area contributed by atoms with Crippen LogP contribution in [0.15, 0.2) is 55.1 Å². The van der Waals surface area contributed by atoms with Gasteiger partial charge in [-0.3, -0.25) is 9.78 Å². The minimum atomic E-state index is -0.735. The van der Waals surface area contributed by atoms with Gasteiger partial charge < -0.3 is 31.7 Å². The SMILES string of the molecule is CNc1cnccc1N1CC(N)C(N/C=C\N)[C@@H](Cc2cc(OC(C)C)cc(F)c2-c2nc(C=O)ccc2F)C1. The van der Waals surface area contributed by atoms with E-state index in [1.165, 1.54) is 18.3 Å². The van der Waals surface area contributed by atoms with Crippen molar-refractivity contribution < 1.29 is 18.3 Å². The van der Waals surface area contributed by atoms with Gasteiger partial charge in [0.15, 0.2) is 6.29 Å². The number of carbonyl (C=O) groups excluding carboxylic acids is 1. The Kier molecular flexibility index (Phi) is 9.15. The van der Waals surface area contributed by atoms with Crippen molar-refractivity contribution in [2.45, 2.75) is 38.5 Å². The highest BCUT2D eigenvalue weighted by Gasteiger charge is 2.36. The number of nitrogens with two attached hydrogens (primary N) is 2. The van der Waals surface area contributed by atoms with Crippen molar-refractivity contribution >= 4 is 17.7 Å². The van der Waals surface area contributed by atoms with E-state index < -0.39 is 11.6 Å². The second kappa shape index (κ2) is 12.7. The van der Waals surface area contributed by atoms with Gasteiger partial charge in [-0.2, -0.15) is 0 Å². The minimum absolute atomic E-state index is 0.0000268. The number of nitrogens with one attached hydrogen (secondary N) is 2. The Labute approximate surface area is 232 Å². The zero-order valence-electron chi connectivity index (χ0n) is 22.8. The number of halogens is 2. The van der Waals surface area contributed by atoms with Crippen molar-refractivity contribution in [3.63, 3.8) is 0 Å². The van der Waals surface area contributed by atoms with Crippen LogP contribution in [0.1, 0.15) is 29.9 Å². The molecule has 2 unspecified atom stereocenters. The van der Waals surface area contributed by atoms with E-state index in [0.29, 0.717) is 37.1 Å². The van der Waals surface area contributed by atoms with Crippen molar-refractivity contribution in [2.24, 2.45) is 17.4 Å². The van der Waals surface area contributed by atoms with E-state index in [4.69, 9.17) is 16.2 Å². The summed E-state index contributed by atoms with van der Waals surface area (Å²) in [5.74, 6) is -1.30. The molecule has 0 amide bonds. The second-order valence-corrected chi connectivity index (χ2v) is 10.0. The molecule has 40 heavy (non-hydrogen) atoms. The predicted octanol–water partition coefficient (Wildman–Crippen LogP) is 3.46. The van der Waals surface area contributed by atoms with E-state index in [0.717, 1.165) is 17.4 Å². The first kappa shape index (κ1) is 28.8. The number of hydrogen-bond acceptors (Lipinski definition) is 9. The monoisotopic (exact) mass is 551 g/mol. The van der Waals surface area contributed by atoms with E-state index in [1.54, 1.807) is 24.7 Å². The number of nitrogens with zero attached hydrogens (tertiary/aromatic N) is 3. The lowest BCUT2D eigenvalue weighted by Crippen LogP contribution is -2.61. The van der Waals surface area contributed by atoms with E-state index >= 15 is 8.78 Å². The molecule has 2 aromatic heterocycles. The molecule has 212 valence electrons. The van der Waals surface area contributed by atoms with Crippen LogP contribution < -0.4 is 31.7 Å². The van der Waals surface area contributed by atoms with Crippen molar-refractivity contribution in [1.82, 2.24) is 15.3 Å². The molecule has 11 heteroatoms. The Bertz CT molecular complexity index is 1370. The van der Waals surface area contributed by atoms with Crippen molar-refractivity contribution in [3.8, 4) is 17.0 Å². The van der Waals surface area contributed by atoms with Gasteiger partial charge in [0.2, 0.25) is 0 Å². The quantitative estimate of drug-likeness (QED) is 0.280. The molecule has 6 N–H and O–H groups in total. The number of hydrogen-bond donors (Lipinski definition) is 4. The summed E-state index contributed by atoms with van der Waals surface area (Å²) in [4.78, 5) is 21.9. The third kappa shape index (κ3) is 6.31. The highest BCUT2D eigenvalue weighted by atomic mass is 19.1. The third-order valence-electron chi connectivity index (χ3n) is 6.87. The largest absolute Gasteiger partial charge is 0.491 e.